The zero-order valence-electron chi connectivity index (χ0n) is 15.9. The summed E-state index contributed by atoms with van der Waals surface area (Å²) in [6.07, 6.45) is 4.78. The number of amides is 2. The van der Waals surface area contributed by atoms with Crippen LogP contribution in [-0.4, -0.2) is 30.9 Å². The van der Waals surface area contributed by atoms with Crippen molar-refractivity contribution in [2.24, 2.45) is 0 Å². The van der Waals surface area contributed by atoms with E-state index in [1.54, 1.807) is 11.0 Å². The number of piperidine rings is 1. The molecule has 2 aromatic rings. The highest BCUT2D eigenvalue weighted by Crippen LogP contribution is 2.39. The summed E-state index contributed by atoms with van der Waals surface area (Å²) in [7, 11) is 0. The number of nitrogens with one attached hydrogen (secondary N) is 1. The number of hydrogen-bond acceptors (Lipinski definition) is 3. The van der Waals surface area contributed by atoms with E-state index in [4.69, 9.17) is 0 Å². The van der Waals surface area contributed by atoms with Gasteiger partial charge in [-0.15, -0.1) is 6.58 Å². The van der Waals surface area contributed by atoms with Crippen molar-refractivity contribution < 1.29 is 9.59 Å². The molecule has 1 saturated heterocycles. The highest BCUT2D eigenvalue weighted by atomic mass is 16.2. The van der Waals surface area contributed by atoms with Gasteiger partial charge >= 0.3 is 0 Å². The SMILES string of the molecule is C=CCN1C(=O)[C@H]2CCCCN2c2ccc(C(=O)NCc3ccccc3)cc21. The zero-order valence-corrected chi connectivity index (χ0v) is 15.9. The molecule has 0 saturated carbocycles. The third-order valence-corrected chi connectivity index (χ3v) is 5.50. The van der Waals surface area contributed by atoms with E-state index in [1.165, 1.54) is 0 Å². The van der Waals surface area contributed by atoms with E-state index in [1.807, 2.05) is 48.5 Å². The normalized spacial score (nSPS) is 18.3. The van der Waals surface area contributed by atoms with Gasteiger partial charge in [-0.05, 0) is 43.0 Å². The molecule has 0 unspecified atom stereocenters. The number of anilines is 2. The molecule has 5 heteroatoms. The van der Waals surface area contributed by atoms with Crippen molar-refractivity contribution in [3.8, 4) is 0 Å². The van der Waals surface area contributed by atoms with Crippen molar-refractivity contribution in [1.29, 1.82) is 0 Å². The van der Waals surface area contributed by atoms with Crippen LogP contribution in [0.4, 0.5) is 11.4 Å². The maximum Gasteiger partial charge on any atom is 0.251 e. The Bertz CT molecular complexity index is 894. The molecule has 1 fully saturated rings. The summed E-state index contributed by atoms with van der Waals surface area (Å²) in [5, 5.41) is 2.96. The van der Waals surface area contributed by atoms with Crippen LogP contribution in [0.15, 0.2) is 61.2 Å². The summed E-state index contributed by atoms with van der Waals surface area (Å²) in [4.78, 5) is 29.7. The molecular weight excluding hydrogens is 350 g/mol. The number of benzene rings is 2. The molecule has 144 valence electrons. The van der Waals surface area contributed by atoms with E-state index in [0.29, 0.717) is 18.7 Å². The van der Waals surface area contributed by atoms with Gasteiger partial charge in [0, 0.05) is 25.2 Å². The van der Waals surface area contributed by atoms with Gasteiger partial charge in [0.25, 0.3) is 5.91 Å². The Kier molecular flexibility index (Phi) is 5.15. The van der Waals surface area contributed by atoms with Crippen molar-refractivity contribution in [2.75, 3.05) is 22.9 Å². The van der Waals surface area contributed by atoms with Crippen LogP contribution in [0.3, 0.4) is 0 Å². The average Bonchev–Trinajstić information content (AvgIpc) is 2.75. The molecule has 4 rings (SSSR count). The Balaban J connectivity index is 1.61. The fourth-order valence-electron chi connectivity index (χ4n) is 4.10. The van der Waals surface area contributed by atoms with E-state index in [-0.39, 0.29) is 17.9 Å². The summed E-state index contributed by atoms with van der Waals surface area (Å²) in [5.74, 6) is -0.0348. The van der Waals surface area contributed by atoms with Crippen LogP contribution in [0.1, 0.15) is 35.2 Å². The molecule has 28 heavy (non-hydrogen) atoms. The van der Waals surface area contributed by atoms with Crippen LogP contribution >= 0.6 is 0 Å². The minimum Gasteiger partial charge on any atom is -0.358 e. The Morgan fingerprint density at radius 1 is 1.14 bits per heavy atom. The lowest BCUT2D eigenvalue weighted by Gasteiger charge is -2.45. The maximum atomic E-state index is 13.0. The van der Waals surface area contributed by atoms with Gasteiger partial charge in [0.15, 0.2) is 0 Å². The number of hydrogen-bond donors (Lipinski definition) is 1. The monoisotopic (exact) mass is 375 g/mol. The van der Waals surface area contributed by atoms with Crippen molar-refractivity contribution in [3.63, 3.8) is 0 Å². The first-order valence-corrected chi connectivity index (χ1v) is 9.84. The molecule has 0 radical (unpaired) electrons. The van der Waals surface area contributed by atoms with Crippen LogP contribution in [0.5, 0.6) is 0 Å². The minimum atomic E-state index is -0.140. The Hall–Kier alpha value is -3.08. The summed E-state index contributed by atoms with van der Waals surface area (Å²) < 4.78 is 0. The Labute approximate surface area is 165 Å². The van der Waals surface area contributed by atoms with Gasteiger partial charge in [0.05, 0.1) is 11.4 Å². The molecular formula is C23H25N3O2. The molecule has 2 aromatic carbocycles. The van der Waals surface area contributed by atoms with Crippen LogP contribution in [0.2, 0.25) is 0 Å². The predicted molar refractivity (Wildman–Crippen MR) is 112 cm³/mol. The molecule has 0 aliphatic carbocycles. The molecule has 1 atom stereocenters. The van der Waals surface area contributed by atoms with Crippen LogP contribution in [0.25, 0.3) is 0 Å². The largest absolute Gasteiger partial charge is 0.358 e. The van der Waals surface area contributed by atoms with Gasteiger partial charge in [0.1, 0.15) is 6.04 Å². The van der Waals surface area contributed by atoms with Crippen LogP contribution < -0.4 is 15.1 Å². The van der Waals surface area contributed by atoms with Crippen LogP contribution in [0, 0.1) is 0 Å². The van der Waals surface area contributed by atoms with Gasteiger partial charge in [-0.2, -0.15) is 0 Å². The number of nitrogens with zero attached hydrogens (tertiary/aromatic N) is 2. The lowest BCUT2D eigenvalue weighted by Crippen LogP contribution is -2.55. The highest BCUT2D eigenvalue weighted by molar-refractivity contribution is 6.07. The third kappa shape index (κ3) is 3.40. The summed E-state index contributed by atoms with van der Waals surface area (Å²) in [5.41, 5.74) is 3.45. The van der Waals surface area contributed by atoms with Gasteiger partial charge in [-0.25, -0.2) is 0 Å². The minimum absolute atomic E-state index is 0.0982. The first-order chi connectivity index (χ1) is 13.7. The average molecular weight is 375 g/mol. The lowest BCUT2D eigenvalue weighted by atomic mass is 9.95. The summed E-state index contributed by atoms with van der Waals surface area (Å²) >= 11 is 0. The first-order valence-electron chi connectivity index (χ1n) is 9.84. The van der Waals surface area contributed by atoms with E-state index >= 15 is 0 Å². The first kappa shape index (κ1) is 18.3. The standard InChI is InChI=1S/C23H25N3O2/c1-2-13-26-21-15-18(22(27)24-16-17-8-4-3-5-9-17)11-12-19(21)25-14-7-6-10-20(25)23(26)28/h2-5,8-9,11-12,15,20H,1,6-7,10,13-14,16H2,(H,24,27)/t20-/m1/s1. The molecule has 1 N–H and O–H groups in total. The molecule has 0 bridgehead atoms. The fourth-order valence-corrected chi connectivity index (χ4v) is 4.10. The zero-order chi connectivity index (χ0) is 19.5. The Morgan fingerprint density at radius 3 is 2.75 bits per heavy atom. The molecule has 0 spiro atoms. The van der Waals surface area contributed by atoms with E-state index < -0.39 is 0 Å². The van der Waals surface area contributed by atoms with Crippen molar-refractivity contribution in [1.82, 2.24) is 5.32 Å². The number of carbonyl (C=O) groups excluding carboxylic acids is 2. The van der Waals surface area contributed by atoms with Crippen molar-refractivity contribution in [3.05, 3.63) is 72.3 Å². The molecule has 2 aliphatic heterocycles. The highest BCUT2D eigenvalue weighted by Gasteiger charge is 2.39. The second-order valence-electron chi connectivity index (χ2n) is 7.31. The second-order valence-corrected chi connectivity index (χ2v) is 7.31. The van der Waals surface area contributed by atoms with E-state index in [0.717, 1.165) is 42.7 Å². The fraction of sp³-hybridized carbons (Fsp3) is 0.304. The summed E-state index contributed by atoms with van der Waals surface area (Å²) in [6.45, 7) is 5.60. The number of rotatable bonds is 5. The Morgan fingerprint density at radius 2 is 1.96 bits per heavy atom. The lowest BCUT2D eigenvalue weighted by molar-refractivity contribution is -0.120. The molecule has 2 amide bonds. The molecule has 0 aromatic heterocycles. The number of fused-ring (bicyclic) bond motifs is 3. The van der Waals surface area contributed by atoms with Gasteiger partial charge in [0.2, 0.25) is 5.91 Å². The van der Waals surface area contributed by atoms with Gasteiger partial charge < -0.3 is 15.1 Å². The summed E-state index contributed by atoms with van der Waals surface area (Å²) in [6, 6.07) is 15.4. The second kappa shape index (κ2) is 7.89. The quantitative estimate of drug-likeness (QED) is 0.814. The smallest absolute Gasteiger partial charge is 0.251 e. The molecule has 2 heterocycles. The molecule has 5 nitrogen and oxygen atoms in total. The third-order valence-electron chi connectivity index (χ3n) is 5.50. The topological polar surface area (TPSA) is 52.7 Å². The van der Waals surface area contributed by atoms with Crippen molar-refractivity contribution in [2.45, 2.75) is 31.8 Å². The molecule has 2 aliphatic rings. The van der Waals surface area contributed by atoms with E-state index in [9.17, 15) is 9.59 Å². The van der Waals surface area contributed by atoms with Crippen molar-refractivity contribution >= 4 is 23.2 Å². The van der Waals surface area contributed by atoms with Crippen LogP contribution in [-0.2, 0) is 11.3 Å². The number of carbonyl (C=O) groups is 2. The van der Waals surface area contributed by atoms with E-state index in [2.05, 4.69) is 16.8 Å². The predicted octanol–water partition coefficient (Wildman–Crippen LogP) is 3.51. The van der Waals surface area contributed by atoms with Gasteiger partial charge in [-0.3, -0.25) is 9.59 Å². The van der Waals surface area contributed by atoms with Gasteiger partial charge in [-0.1, -0.05) is 36.4 Å². The maximum absolute atomic E-state index is 13.0.